The van der Waals surface area contributed by atoms with E-state index in [0.717, 1.165) is 25.0 Å². The van der Waals surface area contributed by atoms with Gasteiger partial charge in [-0.25, -0.2) is 0 Å². The number of rotatable bonds is 4. The minimum atomic E-state index is -0.231. The second kappa shape index (κ2) is 7.31. The van der Waals surface area contributed by atoms with Crippen LogP contribution in [-0.2, 0) is 23.2 Å². The van der Waals surface area contributed by atoms with E-state index in [4.69, 9.17) is 4.74 Å². The molecule has 2 nitrogen and oxygen atoms in total. The van der Waals surface area contributed by atoms with Crippen molar-refractivity contribution < 1.29 is 9.53 Å². The van der Waals surface area contributed by atoms with Crippen molar-refractivity contribution in [3.8, 4) is 5.75 Å². The molecular weight excluding hydrogens is 356 g/mol. The standard InChI is InChI=1S/C27H34O2/c1-18(2)25-20-11-14-23-26(3,4)24(28)15-16-27(23,5)21(20)12-13-22(25)29-17-19-9-7-6-8-10-19/h6-10,12-13,18,23H,11,14-17H2,1-5H3/t23-,27+/m0/s1. The third kappa shape index (κ3) is 3.31. The molecule has 0 bridgehead atoms. The molecule has 0 aromatic heterocycles. The fourth-order valence-electron chi connectivity index (χ4n) is 6.09. The van der Waals surface area contributed by atoms with Crippen LogP contribution < -0.4 is 4.74 Å². The van der Waals surface area contributed by atoms with E-state index in [-0.39, 0.29) is 10.8 Å². The Morgan fingerprint density at radius 1 is 1.03 bits per heavy atom. The van der Waals surface area contributed by atoms with Crippen LogP contribution in [0.2, 0.25) is 0 Å². The van der Waals surface area contributed by atoms with Crippen LogP contribution in [0.3, 0.4) is 0 Å². The molecule has 0 amide bonds. The first-order valence-electron chi connectivity index (χ1n) is 11.1. The van der Waals surface area contributed by atoms with Crippen molar-refractivity contribution in [2.45, 2.75) is 78.2 Å². The van der Waals surface area contributed by atoms with E-state index in [0.29, 0.717) is 30.6 Å². The van der Waals surface area contributed by atoms with Crippen molar-refractivity contribution in [1.29, 1.82) is 0 Å². The van der Waals surface area contributed by atoms with Gasteiger partial charge < -0.3 is 4.74 Å². The Hall–Kier alpha value is -2.09. The Bertz CT molecular complexity index is 910. The lowest BCUT2D eigenvalue weighted by Gasteiger charge is -2.53. The molecule has 2 aliphatic carbocycles. The molecule has 0 aliphatic heterocycles. The van der Waals surface area contributed by atoms with Gasteiger partial charge in [-0.1, -0.05) is 71.0 Å². The van der Waals surface area contributed by atoms with Gasteiger partial charge in [0, 0.05) is 17.4 Å². The summed E-state index contributed by atoms with van der Waals surface area (Å²) in [7, 11) is 0. The number of carbonyl (C=O) groups is 1. The summed E-state index contributed by atoms with van der Waals surface area (Å²) in [4.78, 5) is 12.7. The Kier molecular flexibility index (Phi) is 5.09. The Balaban J connectivity index is 1.73. The zero-order valence-corrected chi connectivity index (χ0v) is 18.5. The summed E-state index contributed by atoms with van der Waals surface area (Å²) in [5.41, 5.74) is 5.35. The summed E-state index contributed by atoms with van der Waals surface area (Å²) in [6, 6.07) is 14.9. The van der Waals surface area contributed by atoms with Crippen LogP contribution in [-0.4, -0.2) is 5.78 Å². The van der Waals surface area contributed by atoms with Crippen LogP contribution >= 0.6 is 0 Å². The molecule has 4 rings (SSSR count). The summed E-state index contributed by atoms with van der Waals surface area (Å²) in [6.07, 6.45) is 3.80. The Morgan fingerprint density at radius 3 is 2.45 bits per heavy atom. The minimum Gasteiger partial charge on any atom is -0.489 e. The van der Waals surface area contributed by atoms with Gasteiger partial charge in [0.15, 0.2) is 0 Å². The number of fused-ring (bicyclic) bond motifs is 3. The molecule has 29 heavy (non-hydrogen) atoms. The minimum absolute atomic E-state index is 0.0760. The van der Waals surface area contributed by atoms with Gasteiger partial charge in [-0.3, -0.25) is 4.79 Å². The van der Waals surface area contributed by atoms with E-state index >= 15 is 0 Å². The number of Topliss-reactive ketones (excluding diaryl/α,β-unsaturated/α-hetero) is 1. The molecule has 0 saturated heterocycles. The molecule has 2 heteroatoms. The summed E-state index contributed by atoms with van der Waals surface area (Å²) in [6.45, 7) is 11.9. The van der Waals surface area contributed by atoms with Crippen molar-refractivity contribution in [2.75, 3.05) is 0 Å². The monoisotopic (exact) mass is 390 g/mol. The predicted octanol–water partition coefficient (Wildman–Crippen LogP) is 6.60. The molecule has 1 saturated carbocycles. The lowest BCUT2D eigenvalue weighted by atomic mass is 9.49. The van der Waals surface area contributed by atoms with Crippen molar-refractivity contribution in [2.24, 2.45) is 11.3 Å². The highest BCUT2D eigenvalue weighted by molar-refractivity contribution is 5.86. The van der Waals surface area contributed by atoms with E-state index < -0.39 is 0 Å². The van der Waals surface area contributed by atoms with Crippen LogP contribution in [0.15, 0.2) is 42.5 Å². The van der Waals surface area contributed by atoms with Crippen molar-refractivity contribution in [3.05, 3.63) is 64.7 Å². The molecular formula is C27H34O2. The van der Waals surface area contributed by atoms with Gasteiger partial charge in [0.05, 0.1) is 0 Å². The highest BCUT2D eigenvalue weighted by Gasteiger charge is 2.53. The third-order valence-corrected chi connectivity index (χ3v) is 7.66. The number of ether oxygens (including phenoxy) is 1. The number of carbonyl (C=O) groups excluding carboxylic acids is 1. The van der Waals surface area contributed by atoms with Crippen LogP contribution in [0.5, 0.6) is 5.75 Å². The SMILES string of the molecule is CC(C)c1c(OCc2ccccc2)ccc2c1CC[C@H]1C(C)(C)C(=O)CC[C@]21C. The highest BCUT2D eigenvalue weighted by Crippen LogP contribution is 2.57. The lowest BCUT2D eigenvalue weighted by molar-refractivity contribution is -0.137. The molecule has 0 N–H and O–H groups in total. The molecule has 2 aliphatic rings. The van der Waals surface area contributed by atoms with E-state index in [2.05, 4.69) is 71.0 Å². The second-order valence-electron chi connectivity index (χ2n) is 10.1. The Morgan fingerprint density at radius 2 is 1.76 bits per heavy atom. The fourth-order valence-corrected chi connectivity index (χ4v) is 6.09. The molecule has 1 fully saturated rings. The summed E-state index contributed by atoms with van der Waals surface area (Å²) < 4.78 is 6.32. The van der Waals surface area contributed by atoms with E-state index in [9.17, 15) is 4.79 Å². The first-order valence-corrected chi connectivity index (χ1v) is 11.1. The van der Waals surface area contributed by atoms with Gasteiger partial charge in [-0.2, -0.15) is 0 Å². The van der Waals surface area contributed by atoms with Crippen LogP contribution in [0.4, 0.5) is 0 Å². The maximum Gasteiger partial charge on any atom is 0.138 e. The van der Waals surface area contributed by atoms with E-state index in [1.54, 1.807) is 0 Å². The van der Waals surface area contributed by atoms with E-state index in [1.807, 2.05) is 6.07 Å². The van der Waals surface area contributed by atoms with Gasteiger partial charge in [0.1, 0.15) is 18.1 Å². The van der Waals surface area contributed by atoms with Crippen molar-refractivity contribution in [1.82, 2.24) is 0 Å². The lowest BCUT2D eigenvalue weighted by Crippen LogP contribution is -2.52. The van der Waals surface area contributed by atoms with Gasteiger partial charge in [0.25, 0.3) is 0 Å². The molecule has 0 spiro atoms. The summed E-state index contributed by atoms with van der Waals surface area (Å²) >= 11 is 0. The maximum absolute atomic E-state index is 12.7. The summed E-state index contributed by atoms with van der Waals surface area (Å²) in [5.74, 6) is 2.29. The molecule has 0 unspecified atom stereocenters. The Labute approximate surface area is 175 Å². The number of hydrogen-bond donors (Lipinski definition) is 0. The van der Waals surface area contributed by atoms with Crippen LogP contribution in [0.25, 0.3) is 0 Å². The summed E-state index contributed by atoms with van der Waals surface area (Å²) in [5, 5.41) is 0. The van der Waals surface area contributed by atoms with Gasteiger partial charge >= 0.3 is 0 Å². The van der Waals surface area contributed by atoms with Gasteiger partial charge in [0.2, 0.25) is 0 Å². The highest BCUT2D eigenvalue weighted by atomic mass is 16.5. The zero-order valence-electron chi connectivity index (χ0n) is 18.5. The third-order valence-electron chi connectivity index (χ3n) is 7.66. The number of ketones is 1. The largest absolute Gasteiger partial charge is 0.489 e. The topological polar surface area (TPSA) is 26.3 Å². The number of hydrogen-bond acceptors (Lipinski definition) is 2. The first kappa shape index (κ1) is 20.2. The predicted molar refractivity (Wildman–Crippen MR) is 118 cm³/mol. The zero-order chi connectivity index (χ0) is 20.8. The molecule has 2 aromatic carbocycles. The average Bonchev–Trinajstić information content (AvgIpc) is 2.69. The average molecular weight is 391 g/mol. The normalized spacial score (nSPS) is 25.4. The maximum atomic E-state index is 12.7. The smallest absolute Gasteiger partial charge is 0.138 e. The van der Waals surface area contributed by atoms with E-state index in [1.165, 1.54) is 22.3 Å². The fraction of sp³-hybridized carbons (Fsp3) is 0.519. The quantitative estimate of drug-likeness (QED) is 0.588. The molecule has 2 aromatic rings. The van der Waals surface area contributed by atoms with Crippen LogP contribution in [0.1, 0.15) is 82.1 Å². The molecule has 0 radical (unpaired) electrons. The van der Waals surface area contributed by atoms with Crippen molar-refractivity contribution in [3.63, 3.8) is 0 Å². The van der Waals surface area contributed by atoms with Gasteiger partial charge in [-0.05, 0) is 59.3 Å². The molecule has 2 atom stereocenters. The first-order chi connectivity index (χ1) is 13.7. The van der Waals surface area contributed by atoms with Crippen molar-refractivity contribution >= 4 is 5.78 Å². The second-order valence-corrected chi connectivity index (χ2v) is 10.1. The number of benzene rings is 2. The van der Waals surface area contributed by atoms with Crippen LogP contribution in [0, 0.1) is 11.3 Å². The molecule has 0 heterocycles. The van der Waals surface area contributed by atoms with Gasteiger partial charge in [-0.15, -0.1) is 0 Å². The molecule has 154 valence electrons.